The van der Waals surface area contributed by atoms with Crippen LogP contribution in [0.1, 0.15) is 15.9 Å². The van der Waals surface area contributed by atoms with Crippen LogP contribution in [0.4, 0.5) is 8.78 Å². The van der Waals surface area contributed by atoms with Gasteiger partial charge in [-0.25, -0.2) is 8.78 Å². The van der Waals surface area contributed by atoms with Crippen LogP contribution in [-0.2, 0) is 6.54 Å². The van der Waals surface area contributed by atoms with E-state index in [4.69, 9.17) is 0 Å². The molecule has 0 unspecified atom stereocenters. The van der Waals surface area contributed by atoms with Crippen molar-refractivity contribution in [2.45, 2.75) is 6.54 Å². The van der Waals surface area contributed by atoms with Gasteiger partial charge in [-0.2, -0.15) is 0 Å². The molecular formula is C14H10F2INO. The molecule has 0 heterocycles. The van der Waals surface area contributed by atoms with Crippen molar-refractivity contribution in [1.82, 2.24) is 5.32 Å². The molecule has 0 aliphatic heterocycles. The van der Waals surface area contributed by atoms with Crippen LogP contribution >= 0.6 is 22.6 Å². The number of benzene rings is 2. The highest BCUT2D eigenvalue weighted by Crippen LogP contribution is 2.16. The summed E-state index contributed by atoms with van der Waals surface area (Å²) in [6, 6.07) is 11.2. The smallest absolute Gasteiger partial charge is 0.254 e. The number of hydrogen-bond acceptors (Lipinski definition) is 1. The number of rotatable bonds is 3. The lowest BCUT2D eigenvalue weighted by atomic mass is 10.2. The number of halogens is 3. The molecule has 98 valence electrons. The predicted octanol–water partition coefficient (Wildman–Crippen LogP) is 3.50. The zero-order chi connectivity index (χ0) is 13.8. The summed E-state index contributed by atoms with van der Waals surface area (Å²) in [5.41, 5.74) is 0.759. The molecule has 1 N–H and O–H groups in total. The van der Waals surface area contributed by atoms with E-state index in [2.05, 4.69) is 5.32 Å². The summed E-state index contributed by atoms with van der Waals surface area (Å²) in [5.74, 6) is -2.08. The van der Waals surface area contributed by atoms with E-state index in [-0.39, 0.29) is 9.13 Å². The van der Waals surface area contributed by atoms with Gasteiger partial charge < -0.3 is 5.32 Å². The van der Waals surface area contributed by atoms with Gasteiger partial charge in [0.1, 0.15) is 11.6 Å². The number of nitrogens with one attached hydrogen (secondary N) is 1. The number of carbonyl (C=O) groups excluding carboxylic acids is 1. The Labute approximate surface area is 123 Å². The first kappa shape index (κ1) is 13.9. The minimum atomic E-state index is -0.858. The summed E-state index contributed by atoms with van der Waals surface area (Å²) in [5, 5.41) is 2.60. The van der Waals surface area contributed by atoms with Crippen molar-refractivity contribution < 1.29 is 13.6 Å². The Balaban J connectivity index is 2.10. The molecule has 5 heteroatoms. The fourth-order valence-electron chi connectivity index (χ4n) is 1.57. The van der Waals surface area contributed by atoms with Crippen molar-refractivity contribution in [2.75, 3.05) is 0 Å². The normalized spacial score (nSPS) is 10.3. The van der Waals surface area contributed by atoms with Crippen molar-refractivity contribution in [1.29, 1.82) is 0 Å². The van der Waals surface area contributed by atoms with Crippen LogP contribution in [0.15, 0.2) is 42.5 Å². The van der Waals surface area contributed by atoms with Crippen LogP contribution in [0.25, 0.3) is 0 Å². The molecule has 0 aliphatic rings. The topological polar surface area (TPSA) is 29.1 Å². The maximum Gasteiger partial charge on any atom is 0.254 e. The Kier molecular flexibility index (Phi) is 4.47. The maximum absolute atomic E-state index is 13.5. The highest BCUT2D eigenvalue weighted by atomic mass is 127. The largest absolute Gasteiger partial charge is 0.348 e. The molecule has 0 aliphatic carbocycles. The molecule has 1 amide bonds. The molecule has 19 heavy (non-hydrogen) atoms. The Morgan fingerprint density at radius 3 is 2.47 bits per heavy atom. The zero-order valence-corrected chi connectivity index (χ0v) is 11.9. The summed E-state index contributed by atoms with van der Waals surface area (Å²) in [4.78, 5) is 11.8. The van der Waals surface area contributed by atoms with Gasteiger partial charge in [-0.3, -0.25) is 4.79 Å². The molecule has 2 aromatic carbocycles. The van der Waals surface area contributed by atoms with E-state index in [9.17, 15) is 13.6 Å². The quantitative estimate of drug-likeness (QED) is 0.648. The first-order valence-corrected chi connectivity index (χ1v) is 6.62. The highest BCUT2D eigenvalue weighted by Gasteiger charge is 2.14. The fraction of sp³-hybridized carbons (Fsp3) is 0.0714. The van der Waals surface area contributed by atoms with Gasteiger partial charge >= 0.3 is 0 Å². The van der Waals surface area contributed by atoms with E-state index < -0.39 is 17.5 Å². The maximum atomic E-state index is 13.5. The first-order chi connectivity index (χ1) is 9.08. The van der Waals surface area contributed by atoms with Gasteiger partial charge in [-0.15, -0.1) is 0 Å². The Bertz CT molecular complexity index is 602. The monoisotopic (exact) mass is 373 g/mol. The summed E-state index contributed by atoms with van der Waals surface area (Å²) in [6.45, 7) is 0.299. The van der Waals surface area contributed by atoms with E-state index in [1.54, 1.807) is 22.6 Å². The van der Waals surface area contributed by atoms with E-state index in [0.717, 1.165) is 11.6 Å². The third-order valence-electron chi connectivity index (χ3n) is 2.55. The first-order valence-electron chi connectivity index (χ1n) is 5.54. The zero-order valence-electron chi connectivity index (χ0n) is 9.79. The van der Waals surface area contributed by atoms with Gasteiger partial charge in [0.25, 0.3) is 5.91 Å². The Hall–Kier alpha value is -1.50. The van der Waals surface area contributed by atoms with Crippen molar-refractivity contribution in [3.63, 3.8) is 0 Å². The Morgan fingerprint density at radius 1 is 1.11 bits per heavy atom. The molecule has 2 aromatic rings. The summed E-state index contributed by atoms with van der Waals surface area (Å²) in [7, 11) is 0. The van der Waals surface area contributed by atoms with Crippen molar-refractivity contribution in [3.05, 3.63) is 68.8 Å². The Morgan fingerprint density at radius 2 is 1.79 bits per heavy atom. The van der Waals surface area contributed by atoms with Gasteiger partial charge in [-0.05, 0) is 34.2 Å². The van der Waals surface area contributed by atoms with Gasteiger partial charge in [-0.1, -0.05) is 30.3 Å². The summed E-state index contributed by atoms with van der Waals surface area (Å²) in [6.07, 6.45) is 0. The molecular weight excluding hydrogens is 363 g/mol. The number of carbonyl (C=O) groups is 1. The minimum absolute atomic E-state index is 0.151. The van der Waals surface area contributed by atoms with Gasteiger partial charge in [0.05, 0.1) is 5.56 Å². The number of hydrogen-bond donors (Lipinski definition) is 1. The van der Waals surface area contributed by atoms with Gasteiger partial charge in [0, 0.05) is 16.2 Å². The molecule has 0 radical (unpaired) electrons. The highest BCUT2D eigenvalue weighted by molar-refractivity contribution is 14.1. The van der Waals surface area contributed by atoms with Crippen LogP contribution in [-0.4, -0.2) is 5.91 Å². The standard InChI is InChI=1S/C14H10F2INO/c15-11-7-12(16)13(17)6-10(11)14(19)18-8-9-4-2-1-3-5-9/h1-7H,8H2,(H,18,19). The van der Waals surface area contributed by atoms with E-state index in [1.807, 2.05) is 30.3 Å². The van der Waals surface area contributed by atoms with Crippen LogP contribution in [0.2, 0.25) is 0 Å². The molecule has 0 saturated heterocycles. The van der Waals surface area contributed by atoms with Crippen LogP contribution < -0.4 is 5.32 Å². The number of amides is 1. The lowest BCUT2D eigenvalue weighted by Crippen LogP contribution is -2.24. The third-order valence-corrected chi connectivity index (χ3v) is 3.38. The average molecular weight is 373 g/mol. The lowest BCUT2D eigenvalue weighted by molar-refractivity contribution is 0.0946. The third kappa shape index (κ3) is 3.50. The van der Waals surface area contributed by atoms with E-state index in [1.165, 1.54) is 6.07 Å². The molecule has 0 saturated carbocycles. The molecule has 0 fully saturated rings. The predicted molar refractivity (Wildman–Crippen MR) is 76.7 cm³/mol. The van der Waals surface area contributed by atoms with E-state index in [0.29, 0.717) is 6.54 Å². The lowest BCUT2D eigenvalue weighted by Gasteiger charge is -2.07. The second kappa shape index (κ2) is 6.10. The summed E-state index contributed by atoms with van der Waals surface area (Å²) < 4.78 is 26.8. The SMILES string of the molecule is O=C(NCc1ccccc1)c1cc(I)c(F)cc1F. The van der Waals surface area contributed by atoms with E-state index >= 15 is 0 Å². The molecule has 2 nitrogen and oxygen atoms in total. The molecule has 0 atom stereocenters. The fourth-order valence-corrected chi connectivity index (χ4v) is 2.04. The van der Waals surface area contributed by atoms with Crippen LogP contribution in [0.3, 0.4) is 0 Å². The van der Waals surface area contributed by atoms with Gasteiger partial charge in [0.2, 0.25) is 0 Å². The molecule has 0 aromatic heterocycles. The van der Waals surface area contributed by atoms with Crippen LogP contribution in [0.5, 0.6) is 0 Å². The van der Waals surface area contributed by atoms with Crippen molar-refractivity contribution >= 4 is 28.5 Å². The molecule has 2 rings (SSSR count). The second-order valence-electron chi connectivity index (χ2n) is 3.91. The van der Waals surface area contributed by atoms with Gasteiger partial charge in [0.15, 0.2) is 0 Å². The minimum Gasteiger partial charge on any atom is -0.348 e. The molecule has 0 spiro atoms. The second-order valence-corrected chi connectivity index (χ2v) is 5.08. The summed E-state index contributed by atoms with van der Waals surface area (Å²) >= 11 is 1.72. The van der Waals surface area contributed by atoms with Crippen LogP contribution in [0, 0.1) is 15.2 Å². The van der Waals surface area contributed by atoms with Crippen molar-refractivity contribution in [2.24, 2.45) is 0 Å². The van der Waals surface area contributed by atoms with Crippen molar-refractivity contribution in [3.8, 4) is 0 Å². The molecule has 0 bridgehead atoms. The average Bonchev–Trinajstić information content (AvgIpc) is 2.41.